The fourth-order valence-electron chi connectivity index (χ4n) is 3.33. The lowest BCUT2D eigenvalue weighted by Gasteiger charge is -2.40. The summed E-state index contributed by atoms with van der Waals surface area (Å²) in [6.07, 6.45) is 1.62. The Kier molecular flexibility index (Phi) is 6.18. The van der Waals surface area contributed by atoms with Crippen LogP contribution in [0.1, 0.15) is 45.1 Å². The zero-order valence-electron chi connectivity index (χ0n) is 15.7. The van der Waals surface area contributed by atoms with Crippen LogP contribution in [0.25, 0.3) is 0 Å². The number of nitrogens with zero attached hydrogens (tertiary/aromatic N) is 2. The summed E-state index contributed by atoms with van der Waals surface area (Å²) in [6.45, 7) is 8.65. The fourth-order valence-corrected chi connectivity index (χ4v) is 3.33. The van der Waals surface area contributed by atoms with Crippen LogP contribution in [0.15, 0.2) is 30.9 Å². The normalized spacial score (nSPS) is 23.0. The SMILES string of the molecule is C=CCC1C[C@@H](c2ccc(F)c(F)c2)[C@H]([N+](=O)[O-])CN1C(=O)OC(C)(C)C. The number of halogens is 2. The van der Waals surface area contributed by atoms with Gasteiger partial charge in [-0.05, 0) is 51.3 Å². The van der Waals surface area contributed by atoms with E-state index in [1.807, 2.05) is 0 Å². The number of carbonyl (C=O) groups excluding carboxylic acids is 1. The zero-order valence-corrected chi connectivity index (χ0v) is 15.7. The Balaban J connectivity index is 2.35. The molecule has 0 spiro atoms. The quantitative estimate of drug-likeness (QED) is 0.443. The molecule has 2 rings (SSSR count). The lowest BCUT2D eigenvalue weighted by Crippen LogP contribution is -2.54. The second-order valence-corrected chi connectivity index (χ2v) is 7.68. The first-order valence-electron chi connectivity index (χ1n) is 8.72. The first-order valence-corrected chi connectivity index (χ1v) is 8.72. The molecule has 0 bridgehead atoms. The van der Waals surface area contributed by atoms with Crippen LogP contribution in [0.5, 0.6) is 0 Å². The predicted molar refractivity (Wildman–Crippen MR) is 96.0 cm³/mol. The Morgan fingerprint density at radius 3 is 2.59 bits per heavy atom. The number of hydrogen-bond donors (Lipinski definition) is 0. The summed E-state index contributed by atoms with van der Waals surface area (Å²) >= 11 is 0. The highest BCUT2D eigenvalue weighted by Gasteiger charge is 2.45. The van der Waals surface area contributed by atoms with Crippen LogP contribution in [-0.4, -0.2) is 40.1 Å². The Hall–Kier alpha value is -2.51. The van der Waals surface area contributed by atoms with E-state index < -0.39 is 40.2 Å². The molecule has 0 saturated carbocycles. The van der Waals surface area contributed by atoms with E-state index in [2.05, 4.69) is 6.58 Å². The van der Waals surface area contributed by atoms with Gasteiger partial charge in [-0.3, -0.25) is 15.0 Å². The number of hydrogen-bond acceptors (Lipinski definition) is 4. The van der Waals surface area contributed by atoms with E-state index in [9.17, 15) is 23.7 Å². The van der Waals surface area contributed by atoms with Crippen LogP contribution in [0.2, 0.25) is 0 Å². The minimum atomic E-state index is -1.15. The third kappa shape index (κ3) is 5.02. The summed E-state index contributed by atoms with van der Waals surface area (Å²) in [7, 11) is 0. The highest BCUT2D eigenvalue weighted by molar-refractivity contribution is 5.69. The van der Waals surface area contributed by atoms with Crippen molar-refractivity contribution >= 4 is 6.09 Å². The second-order valence-electron chi connectivity index (χ2n) is 7.68. The van der Waals surface area contributed by atoms with E-state index in [0.717, 1.165) is 12.1 Å². The molecule has 1 fully saturated rings. The van der Waals surface area contributed by atoms with Crippen molar-refractivity contribution in [2.75, 3.05) is 6.54 Å². The van der Waals surface area contributed by atoms with Gasteiger partial charge in [0, 0.05) is 11.0 Å². The molecule has 3 atom stereocenters. The van der Waals surface area contributed by atoms with Gasteiger partial charge in [-0.2, -0.15) is 0 Å². The van der Waals surface area contributed by atoms with Gasteiger partial charge in [-0.25, -0.2) is 13.6 Å². The third-order valence-electron chi connectivity index (χ3n) is 4.52. The summed E-state index contributed by atoms with van der Waals surface area (Å²) in [5.41, 5.74) is -0.398. The molecule has 0 aromatic heterocycles. The van der Waals surface area contributed by atoms with Gasteiger partial charge in [0.2, 0.25) is 6.04 Å². The van der Waals surface area contributed by atoms with Crippen molar-refractivity contribution in [1.82, 2.24) is 4.90 Å². The molecule has 1 saturated heterocycles. The highest BCUT2D eigenvalue weighted by atomic mass is 19.2. The molecule has 1 amide bonds. The van der Waals surface area contributed by atoms with E-state index in [-0.39, 0.29) is 19.0 Å². The van der Waals surface area contributed by atoms with Gasteiger partial charge in [0.25, 0.3) is 0 Å². The summed E-state index contributed by atoms with van der Waals surface area (Å²) < 4.78 is 32.3. The number of piperidine rings is 1. The molecule has 0 N–H and O–H groups in total. The van der Waals surface area contributed by atoms with Gasteiger partial charge in [-0.1, -0.05) is 12.1 Å². The minimum Gasteiger partial charge on any atom is -0.444 e. The number of benzene rings is 1. The maximum absolute atomic E-state index is 13.7. The van der Waals surface area contributed by atoms with Crippen LogP contribution in [0.3, 0.4) is 0 Å². The zero-order chi connectivity index (χ0) is 20.4. The van der Waals surface area contributed by atoms with E-state index >= 15 is 0 Å². The largest absolute Gasteiger partial charge is 0.444 e. The number of ether oxygens (including phenoxy) is 1. The smallest absolute Gasteiger partial charge is 0.410 e. The molecule has 148 valence electrons. The summed E-state index contributed by atoms with van der Waals surface area (Å²) in [6, 6.07) is 1.78. The molecule has 1 aromatic carbocycles. The number of carbonyl (C=O) groups is 1. The summed E-state index contributed by atoms with van der Waals surface area (Å²) in [5.74, 6) is -2.71. The van der Waals surface area contributed by atoms with Gasteiger partial charge in [0.15, 0.2) is 11.6 Å². The molecule has 27 heavy (non-hydrogen) atoms. The number of rotatable bonds is 4. The minimum absolute atomic E-state index is 0.177. The maximum atomic E-state index is 13.7. The molecule has 0 aliphatic carbocycles. The lowest BCUT2D eigenvalue weighted by atomic mass is 9.81. The van der Waals surface area contributed by atoms with Crippen LogP contribution in [0, 0.1) is 21.7 Å². The highest BCUT2D eigenvalue weighted by Crippen LogP contribution is 2.36. The molecule has 6 nitrogen and oxygen atoms in total. The van der Waals surface area contributed by atoms with Gasteiger partial charge in [0.1, 0.15) is 5.60 Å². The van der Waals surface area contributed by atoms with Gasteiger partial charge in [0.05, 0.1) is 12.5 Å². The molecular weight excluding hydrogens is 358 g/mol. The summed E-state index contributed by atoms with van der Waals surface area (Å²) in [5, 5.41) is 11.6. The van der Waals surface area contributed by atoms with Crippen molar-refractivity contribution in [3.05, 3.63) is 58.2 Å². The predicted octanol–water partition coefficient (Wildman–Crippen LogP) is 4.28. The Labute approximate surface area is 156 Å². The van der Waals surface area contributed by atoms with Gasteiger partial charge >= 0.3 is 6.09 Å². The molecular formula is C19H24F2N2O4. The van der Waals surface area contributed by atoms with E-state index in [4.69, 9.17) is 4.74 Å². The first kappa shape index (κ1) is 20.8. The fraction of sp³-hybridized carbons (Fsp3) is 0.526. The second kappa shape index (κ2) is 8.02. The molecule has 8 heteroatoms. The average Bonchev–Trinajstić information content (AvgIpc) is 2.55. The Morgan fingerprint density at radius 1 is 1.41 bits per heavy atom. The average molecular weight is 382 g/mol. The van der Waals surface area contributed by atoms with E-state index in [1.165, 1.54) is 11.0 Å². The van der Waals surface area contributed by atoms with Crippen molar-refractivity contribution in [3.8, 4) is 0 Å². The lowest BCUT2D eigenvalue weighted by molar-refractivity contribution is -0.530. The van der Waals surface area contributed by atoms with Gasteiger partial charge in [-0.15, -0.1) is 6.58 Å². The summed E-state index contributed by atoms with van der Waals surface area (Å²) in [4.78, 5) is 25.1. The van der Waals surface area contributed by atoms with Crippen molar-refractivity contribution in [3.63, 3.8) is 0 Å². The van der Waals surface area contributed by atoms with Crippen molar-refractivity contribution in [2.45, 2.75) is 57.2 Å². The Bertz CT molecular complexity index is 733. The molecule has 1 aliphatic rings. The van der Waals surface area contributed by atoms with Crippen molar-refractivity contribution in [1.29, 1.82) is 0 Å². The molecule has 1 heterocycles. The number of amides is 1. The first-order chi connectivity index (χ1) is 12.5. The molecule has 1 aromatic rings. The van der Waals surface area contributed by atoms with Gasteiger partial charge < -0.3 is 4.74 Å². The Morgan fingerprint density at radius 2 is 2.07 bits per heavy atom. The number of nitro groups is 1. The standard InChI is InChI=1S/C19H24F2N2O4/c1-5-6-13-10-14(12-7-8-15(20)16(21)9-12)17(23(25)26)11-22(13)18(24)27-19(2,3)4/h5,7-9,13-14,17H,1,6,10-11H2,2-4H3/t13?,14-,17+/m0/s1. The van der Waals surface area contributed by atoms with Crippen molar-refractivity contribution in [2.24, 2.45) is 0 Å². The molecule has 1 aliphatic heterocycles. The van der Waals surface area contributed by atoms with Crippen LogP contribution in [-0.2, 0) is 4.74 Å². The van der Waals surface area contributed by atoms with E-state index in [0.29, 0.717) is 12.0 Å². The van der Waals surface area contributed by atoms with Crippen LogP contribution < -0.4 is 0 Å². The number of likely N-dealkylation sites (tertiary alicyclic amines) is 1. The van der Waals surface area contributed by atoms with Crippen LogP contribution in [0.4, 0.5) is 13.6 Å². The van der Waals surface area contributed by atoms with Crippen molar-refractivity contribution < 1.29 is 23.2 Å². The molecule has 1 unspecified atom stereocenters. The topological polar surface area (TPSA) is 72.7 Å². The van der Waals surface area contributed by atoms with Crippen LogP contribution >= 0.6 is 0 Å². The van der Waals surface area contributed by atoms with E-state index in [1.54, 1.807) is 26.8 Å². The maximum Gasteiger partial charge on any atom is 0.410 e. The monoisotopic (exact) mass is 382 g/mol. The third-order valence-corrected chi connectivity index (χ3v) is 4.52. The molecule has 0 radical (unpaired) electrons.